The van der Waals surface area contributed by atoms with Crippen molar-refractivity contribution < 1.29 is 19.5 Å². The third kappa shape index (κ3) is 5.94. The van der Waals surface area contributed by atoms with Gasteiger partial charge in [0, 0.05) is 17.7 Å². The number of allylic oxidation sites excluding steroid dienone is 1. The van der Waals surface area contributed by atoms with Crippen molar-refractivity contribution in [1.82, 2.24) is 10.6 Å². The standard InChI is InChI=1S/C17H22N2O4/c1-3-5-9-14(17(22)23)19-16(21)13-8-6-7-12(11-13)15(20)18-10-4-2/h3,5-8,11,14H,4,9-10H2,1-2H3,(H,18,20)(H,19,21)(H,22,23)/b5-3+. The lowest BCUT2D eigenvalue weighted by molar-refractivity contribution is -0.139. The first-order valence-electron chi connectivity index (χ1n) is 7.52. The summed E-state index contributed by atoms with van der Waals surface area (Å²) >= 11 is 0. The maximum absolute atomic E-state index is 12.2. The molecular weight excluding hydrogens is 296 g/mol. The van der Waals surface area contributed by atoms with Gasteiger partial charge in [0.1, 0.15) is 6.04 Å². The van der Waals surface area contributed by atoms with Gasteiger partial charge in [-0.3, -0.25) is 9.59 Å². The van der Waals surface area contributed by atoms with E-state index in [-0.39, 0.29) is 17.9 Å². The highest BCUT2D eigenvalue weighted by Crippen LogP contribution is 2.07. The minimum absolute atomic E-state index is 0.203. The van der Waals surface area contributed by atoms with E-state index in [1.165, 1.54) is 6.07 Å². The molecule has 0 bridgehead atoms. The van der Waals surface area contributed by atoms with Crippen LogP contribution in [-0.2, 0) is 4.79 Å². The average Bonchev–Trinajstić information content (AvgIpc) is 2.56. The van der Waals surface area contributed by atoms with Gasteiger partial charge in [-0.2, -0.15) is 0 Å². The highest BCUT2D eigenvalue weighted by Gasteiger charge is 2.19. The third-order valence-corrected chi connectivity index (χ3v) is 3.13. The first-order valence-corrected chi connectivity index (χ1v) is 7.52. The number of carbonyl (C=O) groups excluding carboxylic acids is 2. The van der Waals surface area contributed by atoms with Gasteiger partial charge < -0.3 is 15.7 Å². The summed E-state index contributed by atoms with van der Waals surface area (Å²) in [5.41, 5.74) is 0.618. The Kier molecular flexibility index (Phi) is 7.53. The van der Waals surface area contributed by atoms with E-state index in [2.05, 4.69) is 10.6 Å². The van der Waals surface area contributed by atoms with Gasteiger partial charge in [-0.05, 0) is 38.0 Å². The van der Waals surface area contributed by atoms with E-state index in [0.29, 0.717) is 12.1 Å². The average molecular weight is 318 g/mol. The number of aliphatic carboxylic acids is 1. The van der Waals surface area contributed by atoms with Gasteiger partial charge in [0.2, 0.25) is 0 Å². The highest BCUT2D eigenvalue weighted by molar-refractivity contribution is 6.00. The first-order chi connectivity index (χ1) is 11.0. The van der Waals surface area contributed by atoms with Gasteiger partial charge in [-0.15, -0.1) is 0 Å². The zero-order chi connectivity index (χ0) is 17.2. The lowest BCUT2D eigenvalue weighted by atomic mass is 10.1. The number of carbonyl (C=O) groups is 3. The lowest BCUT2D eigenvalue weighted by Crippen LogP contribution is -2.40. The fraction of sp³-hybridized carbons (Fsp3) is 0.353. The molecule has 1 unspecified atom stereocenters. The second-order valence-corrected chi connectivity index (χ2v) is 5.01. The smallest absolute Gasteiger partial charge is 0.326 e. The monoisotopic (exact) mass is 318 g/mol. The van der Waals surface area contributed by atoms with Crippen molar-refractivity contribution >= 4 is 17.8 Å². The number of carboxylic acids is 1. The Labute approximate surface area is 135 Å². The van der Waals surface area contributed by atoms with E-state index in [0.717, 1.165) is 6.42 Å². The number of amides is 2. The Bertz CT molecular complexity index is 596. The summed E-state index contributed by atoms with van der Waals surface area (Å²) in [6.45, 7) is 4.28. The zero-order valence-electron chi connectivity index (χ0n) is 13.3. The van der Waals surface area contributed by atoms with Crippen LogP contribution >= 0.6 is 0 Å². The fourth-order valence-electron chi connectivity index (χ4n) is 1.88. The van der Waals surface area contributed by atoms with Crippen LogP contribution in [0.3, 0.4) is 0 Å². The molecular formula is C17H22N2O4. The van der Waals surface area contributed by atoms with Crippen LogP contribution in [-0.4, -0.2) is 35.5 Å². The second kappa shape index (κ2) is 9.40. The number of carboxylic acid groups (broad SMARTS) is 1. The predicted molar refractivity (Wildman–Crippen MR) is 87.4 cm³/mol. The Balaban J connectivity index is 2.83. The molecule has 23 heavy (non-hydrogen) atoms. The Hall–Kier alpha value is -2.63. The molecule has 1 aromatic rings. The van der Waals surface area contributed by atoms with Crippen LogP contribution < -0.4 is 10.6 Å². The highest BCUT2D eigenvalue weighted by atomic mass is 16.4. The minimum Gasteiger partial charge on any atom is -0.480 e. The molecule has 0 heterocycles. The Morgan fingerprint density at radius 2 is 1.87 bits per heavy atom. The van der Waals surface area contributed by atoms with Crippen LogP contribution in [0.5, 0.6) is 0 Å². The Morgan fingerprint density at radius 3 is 2.43 bits per heavy atom. The summed E-state index contributed by atoms with van der Waals surface area (Å²) in [7, 11) is 0. The quantitative estimate of drug-likeness (QED) is 0.639. The molecule has 0 spiro atoms. The Morgan fingerprint density at radius 1 is 1.22 bits per heavy atom. The second-order valence-electron chi connectivity index (χ2n) is 5.01. The van der Waals surface area contributed by atoms with Crippen LogP contribution in [0.4, 0.5) is 0 Å². The van der Waals surface area contributed by atoms with Gasteiger partial charge in [0.05, 0.1) is 0 Å². The molecule has 3 N–H and O–H groups in total. The largest absolute Gasteiger partial charge is 0.480 e. The maximum atomic E-state index is 12.2. The molecule has 0 saturated heterocycles. The summed E-state index contributed by atoms with van der Waals surface area (Å²) in [5.74, 6) is -1.88. The van der Waals surface area contributed by atoms with Crippen molar-refractivity contribution in [3.8, 4) is 0 Å². The molecule has 1 rings (SSSR count). The summed E-state index contributed by atoms with van der Waals surface area (Å²) in [6.07, 6.45) is 4.42. The van der Waals surface area contributed by atoms with Gasteiger partial charge >= 0.3 is 5.97 Å². The van der Waals surface area contributed by atoms with Crippen LogP contribution in [0, 0.1) is 0 Å². The maximum Gasteiger partial charge on any atom is 0.326 e. The zero-order valence-corrected chi connectivity index (χ0v) is 13.3. The molecule has 1 atom stereocenters. The summed E-state index contributed by atoms with van der Waals surface area (Å²) in [5, 5.41) is 14.3. The van der Waals surface area contributed by atoms with Crippen LogP contribution in [0.25, 0.3) is 0 Å². The molecule has 0 aliphatic rings. The number of benzene rings is 1. The van der Waals surface area contributed by atoms with Crippen LogP contribution in [0.15, 0.2) is 36.4 Å². The summed E-state index contributed by atoms with van der Waals surface area (Å²) in [6, 6.07) is 5.19. The number of nitrogens with one attached hydrogen (secondary N) is 2. The summed E-state index contributed by atoms with van der Waals surface area (Å²) < 4.78 is 0. The molecule has 6 heteroatoms. The molecule has 0 aliphatic heterocycles. The topological polar surface area (TPSA) is 95.5 Å². The first kappa shape index (κ1) is 18.4. The van der Waals surface area contributed by atoms with E-state index in [4.69, 9.17) is 5.11 Å². The molecule has 0 fully saturated rings. The normalized spacial score (nSPS) is 11.9. The third-order valence-electron chi connectivity index (χ3n) is 3.13. The molecule has 1 aromatic carbocycles. The van der Waals surface area contributed by atoms with Gasteiger partial charge in [-0.25, -0.2) is 4.79 Å². The van der Waals surface area contributed by atoms with E-state index in [1.807, 2.05) is 6.92 Å². The SMILES string of the molecule is C/C=C/CC(NC(=O)c1cccc(C(=O)NCCC)c1)C(=O)O. The van der Waals surface area contributed by atoms with Crippen molar-refractivity contribution in [3.63, 3.8) is 0 Å². The summed E-state index contributed by atoms with van der Waals surface area (Å²) in [4.78, 5) is 35.2. The minimum atomic E-state index is -1.10. The lowest BCUT2D eigenvalue weighted by Gasteiger charge is -2.13. The van der Waals surface area contributed by atoms with Crippen LogP contribution in [0.2, 0.25) is 0 Å². The van der Waals surface area contributed by atoms with E-state index in [1.54, 1.807) is 37.3 Å². The van der Waals surface area contributed by atoms with Crippen molar-refractivity contribution in [1.29, 1.82) is 0 Å². The molecule has 2 amide bonds. The number of hydrogen-bond acceptors (Lipinski definition) is 3. The van der Waals surface area contributed by atoms with Crippen molar-refractivity contribution in [2.75, 3.05) is 6.54 Å². The van der Waals surface area contributed by atoms with Gasteiger partial charge in [-0.1, -0.05) is 25.1 Å². The molecule has 0 aromatic heterocycles. The molecule has 0 aliphatic carbocycles. The van der Waals surface area contributed by atoms with Crippen LogP contribution in [0.1, 0.15) is 47.4 Å². The van der Waals surface area contributed by atoms with Crippen molar-refractivity contribution in [3.05, 3.63) is 47.5 Å². The van der Waals surface area contributed by atoms with Gasteiger partial charge in [0.15, 0.2) is 0 Å². The van der Waals surface area contributed by atoms with E-state index >= 15 is 0 Å². The fourth-order valence-corrected chi connectivity index (χ4v) is 1.88. The predicted octanol–water partition coefficient (Wildman–Crippen LogP) is 1.98. The molecule has 6 nitrogen and oxygen atoms in total. The molecule has 0 saturated carbocycles. The van der Waals surface area contributed by atoms with E-state index < -0.39 is 17.9 Å². The van der Waals surface area contributed by atoms with E-state index in [9.17, 15) is 14.4 Å². The van der Waals surface area contributed by atoms with Crippen molar-refractivity contribution in [2.24, 2.45) is 0 Å². The molecule has 124 valence electrons. The molecule has 0 radical (unpaired) electrons. The van der Waals surface area contributed by atoms with Gasteiger partial charge in [0.25, 0.3) is 11.8 Å². The number of hydrogen-bond donors (Lipinski definition) is 3. The van der Waals surface area contributed by atoms with Crippen molar-refractivity contribution in [2.45, 2.75) is 32.7 Å². The number of rotatable bonds is 8.